The maximum absolute atomic E-state index is 11.4. The van der Waals surface area contributed by atoms with Gasteiger partial charge < -0.3 is 0 Å². The van der Waals surface area contributed by atoms with Crippen LogP contribution in [0.2, 0.25) is 0 Å². The molecule has 0 atom stereocenters. The molecule has 0 radical (unpaired) electrons. The van der Waals surface area contributed by atoms with Crippen LogP contribution >= 0.6 is 11.5 Å². The molecule has 0 fully saturated rings. The maximum Gasteiger partial charge on any atom is 0.147 e. The Morgan fingerprint density at radius 2 is 2.07 bits per heavy atom. The lowest BCUT2D eigenvalue weighted by Crippen LogP contribution is -2.13. The molecule has 0 amide bonds. The van der Waals surface area contributed by atoms with Crippen LogP contribution in [0, 0.1) is 0 Å². The van der Waals surface area contributed by atoms with Crippen molar-refractivity contribution in [3.05, 3.63) is 10.8 Å². The lowest BCUT2D eigenvalue weighted by atomic mass is 9.96. The Morgan fingerprint density at radius 1 is 1.40 bits per heavy atom. The first-order valence-electron chi connectivity index (χ1n) is 5.28. The van der Waals surface area contributed by atoms with Crippen molar-refractivity contribution in [1.29, 1.82) is 0 Å². The normalized spacial score (nSPS) is 11.7. The first-order chi connectivity index (χ1) is 6.93. The molecule has 0 bridgehead atoms. The molecule has 15 heavy (non-hydrogen) atoms. The lowest BCUT2D eigenvalue weighted by Gasteiger charge is -2.12. The molecule has 0 saturated heterocycles. The Hall–Kier alpha value is -0.770. The molecule has 1 rings (SSSR count). The van der Waals surface area contributed by atoms with Crippen molar-refractivity contribution in [2.24, 2.45) is 0 Å². The third-order valence-corrected chi connectivity index (χ3v) is 2.73. The molecule has 1 aromatic rings. The number of Topliss-reactive ketones (excluding diaryl/α,β-unsaturated/α-hetero) is 1. The van der Waals surface area contributed by atoms with E-state index in [2.05, 4.69) is 30.1 Å². The van der Waals surface area contributed by atoms with Crippen molar-refractivity contribution in [2.45, 2.75) is 52.4 Å². The number of rotatable bonds is 4. The molecule has 1 aromatic heterocycles. The number of ketones is 1. The summed E-state index contributed by atoms with van der Waals surface area (Å²) in [5.41, 5.74) is -0.0252. The van der Waals surface area contributed by atoms with Crippen molar-refractivity contribution >= 4 is 17.3 Å². The Labute approximate surface area is 95.1 Å². The molecule has 1 heterocycles. The van der Waals surface area contributed by atoms with Gasteiger partial charge in [-0.15, -0.1) is 0 Å². The third kappa shape index (κ3) is 3.70. The average molecular weight is 226 g/mol. The first kappa shape index (κ1) is 12.3. The summed E-state index contributed by atoms with van der Waals surface area (Å²) in [6.45, 7) is 8.24. The minimum atomic E-state index is -0.0252. The predicted molar refractivity (Wildman–Crippen MR) is 62.2 cm³/mol. The van der Waals surface area contributed by atoms with Crippen LogP contribution in [0.15, 0.2) is 0 Å². The van der Waals surface area contributed by atoms with Gasteiger partial charge in [0.15, 0.2) is 0 Å². The number of nitrogens with zero attached hydrogens (tertiary/aromatic N) is 2. The summed E-state index contributed by atoms with van der Waals surface area (Å²) in [5, 5.41) is 0.846. The van der Waals surface area contributed by atoms with E-state index in [1.165, 1.54) is 11.5 Å². The van der Waals surface area contributed by atoms with Gasteiger partial charge in [0.1, 0.15) is 16.6 Å². The molecule has 84 valence electrons. The molecule has 0 unspecified atom stereocenters. The van der Waals surface area contributed by atoms with Gasteiger partial charge in [0.25, 0.3) is 0 Å². The standard InChI is InChI=1S/C11H18N2OS/c1-5-6-8(14)7-9-12-10(13-15-9)11(2,3)4/h5-7H2,1-4H3. The monoisotopic (exact) mass is 226 g/mol. The second kappa shape index (κ2) is 4.84. The van der Waals surface area contributed by atoms with Crippen molar-refractivity contribution in [3.63, 3.8) is 0 Å². The number of hydrogen-bond acceptors (Lipinski definition) is 4. The molecule has 0 saturated carbocycles. The van der Waals surface area contributed by atoms with Crippen LogP contribution in [-0.4, -0.2) is 15.1 Å². The number of carbonyl (C=O) groups excluding carboxylic acids is 1. The molecule has 0 aromatic carbocycles. The second-order valence-electron chi connectivity index (χ2n) is 4.73. The molecule has 4 heteroatoms. The van der Waals surface area contributed by atoms with E-state index in [9.17, 15) is 4.79 Å². The highest BCUT2D eigenvalue weighted by molar-refractivity contribution is 7.05. The Kier molecular flexibility index (Phi) is 3.97. The van der Waals surface area contributed by atoms with E-state index in [0.29, 0.717) is 12.8 Å². The summed E-state index contributed by atoms with van der Waals surface area (Å²) in [7, 11) is 0. The zero-order valence-electron chi connectivity index (χ0n) is 9.83. The largest absolute Gasteiger partial charge is 0.299 e. The summed E-state index contributed by atoms with van der Waals surface area (Å²) in [4.78, 5) is 15.8. The average Bonchev–Trinajstić information content (AvgIpc) is 2.52. The molecular formula is C11H18N2OS. The van der Waals surface area contributed by atoms with E-state index in [-0.39, 0.29) is 11.2 Å². The summed E-state index contributed by atoms with van der Waals surface area (Å²) in [5.74, 6) is 1.10. The number of aromatic nitrogens is 2. The minimum absolute atomic E-state index is 0.0252. The molecular weight excluding hydrogens is 208 g/mol. The Bertz CT molecular complexity index is 339. The topological polar surface area (TPSA) is 42.9 Å². The van der Waals surface area contributed by atoms with Gasteiger partial charge >= 0.3 is 0 Å². The van der Waals surface area contributed by atoms with Gasteiger partial charge in [-0.3, -0.25) is 4.79 Å². The van der Waals surface area contributed by atoms with E-state index in [1.807, 2.05) is 6.92 Å². The quantitative estimate of drug-likeness (QED) is 0.792. The highest BCUT2D eigenvalue weighted by Gasteiger charge is 2.20. The minimum Gasteiger partial charge on any atom is -0.299 e. The van der Waals surface area contributed by atoms with E-state index < -0.39 is 0 Å². The number of hydrogen-bond donors (Lipinski definition) is 0. The van der Waals surface area contributed by atoms with Gasteiger partial charge in [0.2, 0.25) is 0 Å². The summed E-state index contributed by atoms with van der Waals surface area (Å²) >= 11 is 1.35. The SMILES string of the molecule is CCCC(=O)Cc1nc(C(C)(C)C)ns1. The first-order valence-corrected chi connectivity index (χ1v) is 6.05. The van der Waals surface area contributed by atoms with Crippen molar-refractivity contribution in [1.82, 2.24) is 9.36 Å². The zero-order chi connectivity index (χ0) is 11.5. The molecule has 3 nitrogen and oxygen atoms in total. The van der Waals surface area contributed by atoms with Crippen LogP contribution < -0.4 is 0 Å². The highest BCUT2D eigenvalue weighted by atomic mass is 32.1. The van der Waals surface area contributed by atoms with Crippen molar-refractivity contribution in [3.8, 4) is 0 Å². The second-order valence-corrected chi connectivity index (χ2v) is 5.56. The van der Waals surface area contributed by atoms with Gasteiger partial charge in [-0.25, -0.2) is 4.98 Å². The van der Waals surface area contributed by atoms with Gasteiger partial charge in [-0.2, -0.15) is 4.37 Å². The van der Waals surface area contributed by atoms with Crippen LogP contribution in [0.25, 0.3) is 0 Å². The molecule has 0 aliphatic rings. The molecule has 0 spiro atoms. The van der Waals surface area contributed by atoms with E-state index in [0.717, 1.165) is 17.3 Å². The maximum atomic E-state index is 11.4. The van der Waals surface area contributed by atoms with Crippen LogP contribution in [0.3, 0.4) is 0 Å². The number of carbonyl (C=O) groups is 1. The smallest absolute Gasteiger partial charge is 0.147 e. The molecule has 0 aliphatic heterocycles. The van der Waals surface area contributed by atoms with Gasteiger partial charge in [-0.1, -0.05) is 27.7 Å². The zero-order valence-corrected chi connectivity index (χ0v) is 10.6. The van der Waals surface area contributed by atoms with Crippen LogP contribution in [0.1, 0.15) is 51.4 Å². The van der Waals surface area contributed by atoms with Crippen LogP contribution in [0.4, 0.5) is 0 Å². The molecule has 0 N–H and O–H groups in total. The Morgan fingerprint density at radius 3 is 2.53 bits per heavy atom. The third-order valence-electron chi connectivity index (χ3n) is 2.02. The van der Waals surface area contributed by atoms with Gasteiger partial charge in [0, 0.05) is 11.8 Å². The van der Waals surface area contributed by atoms with Crippen LogP contribution in [-0.2, 0) is 16.6 Å². The van der Waals surface area contributed by atoms with E-state index in [1.54, 1.807) is 0 Å². The summed E-state index contributed by atoms with van der Waals surface area (Å²) in [6.07, 6.45) is 2.00. The van der Waals surface area contributed by atoms with Crippen molar-refractivity contribution < 1.29 is 4.79 Å². The van der Waals surface area contributed by atoms with Gasteiger partial charge in [0.05, 0.1) is 6.42 Å². The summed E-state index contributed by atoms with van der Waals surface area (Å²) in [6, 6.07) is 0. The fraction of sp³-hybridized carbons (Fsp3) is 0.727. The fourth-order valence-corrected chi connectivity index (χ4v) is 2.03. The summed E-state index contributed by atoms with van der Waals surface area (Å²) < 4.78 is 4.28. The highest BCUT2D eigenvalue weighted by Crippen LogP contribution is 2.20. The van der Waals surface area contributed by atoms with Gasteiger partial charge in [-0.05, 0) is 18.0 Å². The van der Waals surface area contributed by atoms with E-state index in [4.69, 9.17) is 0 Å². The Balaban J connectivity index is 2.65. The fourth-order valence-electron chi connectivity index (χ4n) is 1.17. The molecule has 0 aliphatic carbocycles. The van der Waals surface area contributed by atoms with E-state index >= 15 is 0 Å². The lowest BCUT2D eigenvalue weighted by molar-refractivity contribution is -0.118. The van der Waals surface area contributed by atoms with Crippen LogP contribution in [0.5, 0.6) is 0 Å². The van der Waals surface area contributed by atoms with Crippen molar-refractivity contribution in [2.75, 3.05) is 0 Å². The predicted octanol–water partition coefficient (Wildman–Crippen LogP) is 2.75.